The molecule has 0 aromatic heterocycles. The lowest BCUT2D eigenvalue weighted by molar-refractivity contribution is 0.0469. The molecule has 0 amide bonds. The lowest BCUT2D eigenvalue weighted by atomic mass is 10.1. The monoisotopic (exact) mass is 356 g/mol. The first-order chi connectivity index (χ1) is 12.6. The van der Waals surface area contributed by atoms with Gasteiger partial charge in [-0.1, -0.05) is 0 Å². The third-order valence-electron chi connectivity index (χ3n) is 4.35. The normalized spacial score (nSPS) is 16.8. The molecule has 4 rings (SSSR count). The molecule has 6 nitrogen and oxygen atoms in total. The molecule has 2 heterocycles. The van der Waals surface area contributed by atoms with Gasteiger partial charge in [-0.25, -0.2) is 4.79 Å². The topological polar surface area (TPSA) is 63.2 Å². The molecule has 1 atom stereocenters. The standard InChI is InChI=1S/C20H20O6/c1-3-22-17-8-14-6-12(2)26-18(14)9-15(17)10-23-20(21)13-4-5-16-19(7-13)25-11-24-16/h4-5,7-9,12H,3,6,10-11H2,1-2H3. The summed E-state index contributed by atoms with van der Waals surface area (Å²) in [4.78, 5) is 12.4. The fourth-order valence-electron chi connectivity index (χ4n) is 3.13. The molecule has 1 unspecified atom stereocenters. The van der Waals surface area contributed by atoms with Crippen molar-refractivity contribution in [2.24, 2.45) is 0 Å². The molecule has 2 aliphatic rings. The maximum Gasteiger partial charge on any atom is 0.338 e. The lowest BCUT2D eigenvalue weighted by Gasteiger charge is -2.13. The zero-order chi connectivity index (χ0) is 18.1. The molecular weight excluding hydrogens is 336 g/mol. The molecule has 0 aliphatic carbocycles. The second-order valence-corrected chi connectivity index (χ2v) is 6.28. The van der Waals surface area contributed by atoms with Crippen LogP contribution in [0.5, 0.6) is 23.0 Å². The van der Waals surface area contributed by atoms with E-state index in [1.54, 1.807) is 18.2 Å². The van der Waals surface area contributed by atoms with Crippen molar-refractivity contribution >= 4 is 5.97 Å². The van der Waals surface area contributed by atoms with Gasteiger partial charge < -0.3 is 23.7 Å². The first-order valence-corrected chi connectivity index (χ1v) is 8.66. The summed E-state index contributed by atoms with van der Waals surface area (Å²) in [6, 6.07) is 8.87. The van der Waals surface area contributed by atoms with Gasteiger partial charge in [0, 0.05) is 17.5 Å². The van der Waals surface area contributed by atoms with Gasteiger partial charge in [-0.2, -0.15) is 0 Å². The van der Waals surface area contributed by atoms with Crippen LogP contribution in [0, 0.1) is 0 Å². The Bertz CT molecular complexity index is 844. The molecule has 0 N–H and O–H groups in total. The molecule has 0 spiro atoms. The van der Waals surface area contributed by atoms with E-state index < -0.39 is 5.97 Å². The Morgan fingerprint density at radius 3 is 2.85 bits per heavy atom. The van der Waals surface area contributed by atoms with Crippen LogP contribution in [0.15, 0.2) is 30.3 Å². The summed E-state index contributed by atoms with van der Waals surface area (Å²) < 4.78 is 27.5. The summed E-state index contributed by atoms with van der Waals surface area (Å²) in [6.07, 6.45) is 0.998. The van der Waals surface area contributed by atoms with Gasteiger partial charge in [0.25, 0.3) is 0 Å². The van der Waals surface area contributed by atoms with Crippen molar-refractivity contribution in [3.05, 3.63) is 47.0 Å². The second-order valence-electron chi connectivity index (χ2n) is 6.28. The van der Waals surface area contributed by atoms with Gasteiger partial charge in [-0.05, 0) is 44.2 Å². The summed E-state index contributed by atoms with van der Waals surface area (Å²) in [7, 11) is 0. The summed E-state index contributed by atoms with van der Waals surface area (Å²) in [5.74, 6) is 2.30. The van der Waals surface area contributed by atoms with E-state index in [9.17, 15) is 4.79 Å². The fourth-order valence-corrected chi connectivity index (χ4v) is 3.13. The van der Waals surface area contributed by atoms with Crippen LogP contribution in [-0.2, 0) is 17.8 Å². The zero-order valence-corrected chi connectivity index (χ0v) is 14.7. The predicted molar refractivity (Wildman–Crippen MR) is 93.1 cm³/mol. The van der Waals surface area contributed by atoms with Gasteiger partial charge in [-0.15, -0.1) is 0 Å². The molecule has 26 heavy (non-hydrogen) atoms. The van der Waals surface area contributed by atoms with Gasteiger partial charge in [0.1, 0.15) is 24.2 Å². The number of ether oxygens (including phenoxy) is 5. The Labute approximate surface area is 151 Å². The number of carbonyl (C=O) groups is 1. The smallest absolute Gasteiger partial charge is 0.338 e. The Morgan fingerprint density at radius 1 is 1.15 bits per heavy atom. The van der Waals surface area contributed by atoms with E-state index in [0.29, 0.717) is 23.7 Å². The number of carbonyl (C=O) groups excluding carboxylic acids is 1. The van der Waals surface area contributed by atoms with Crippen molar-refractivity contribution in [2.75, 3.05) is 13.4 Å². The van der Waals surface area contributed by atoms with Gasteiger partial charge in [-0.3, -0.25) is 0 Å². The molecule has 2 aromatic rings. The van der Waals surface area contributed by atoms with Crippen LogP contribution < -0.4 is 18.9 Å². The molecule has 0 radical (unpaired) electrons. The van der Waals surface area contributed by atoms with Crippen LogP contribution in [-0.4, -0.2) is 25.5 Å². The van der Waals surface area contributed by atoms with E-state index in [4.69, 9.17) is 23.7 Å². The number of rotatable bonds is 5. The molecule has 0 saturated heterocycles. The van der Waals surface area contributed by atoms with Crippen molar-refractivity contribution in [2.45, 2.75) is 33.0 Å². The highest BCUT2D eigenvalue weighted by molar-refractivity contribution is 5.90. The average molecular weight is 356 g/mol. The molecule has 2 aromatic carbocycles. The van der Waals surface area contributed by atoms with E-state index in [1.807, 2.05) is 26.0 Å². The van der Waals surface area contributed by atoms with E-state index in [0.717, 1.165) is 29.0 Å². The van der Waals surface area contributed by atoms with Crippen LogP contribution in [0.25, 0.3) is 0 Å². The number of hydrogen-bond donors (Lipinski definition) is 0. The van der Waals surface area contributed by atoms with Crippen molar-refractivity contribution in [1.82, 2.24) is 0 Å². The second kappa shape index (κ2) is 6.78. The fraction of sp³-hybridized carbons (Fsp3) is 0.350. The van der Waals surface area contributed by atoms with Gasteiger partial charge in [0.2, 0.25) is 6.79 Å². The van der Waals surface area contributed by atoms with E-state index >= 15 is 0 Å². The van der Waals surface area contributed by atoms with Gasteiger partial charge in [0.05, 0.1) is 12.2 Å². The van der Waals surface area contributed by atoms with Crippen molar-refractivity contribution in [3.8, 4) is 23.0 Å². The Morgan fingerprint density at radius 2 is 2.00 bits per heavy atom. The molecule has 0 saturated carbocycles. The maximum atomic E-state index is 12.4. The Balaban J connectivity index is 1.50. The van der Waals surface area contributed by atoms with Crippen LogP contribution >= 0.6 is 0 Å². The molecule has 0 fully saturated rings. The van der Waals surface area contributed by atoms with Crippen LogP contribution in [0.2, 0.25) is 0 Å². The number of benzene rings is 2. The molecule has 2 aliphatic heterocycles. The summed E-state index contributed by atoms with van der Waals surface area (Å²) >= 11 is 0. The van der Waals surface area contributed by atoms with Crippen molar-refractivity contribution < 1.29 is 28.5 Å². The quantitative estimate of drug-likeness (QED) is 0.764. The number of esters is 1. The first-order valence-electron chi connectivity index (χ1n) is 8.66. The third kappa shape index (κ3) is 3.14. The summed E-state index contributed by atoms with van der Waals surface area (Å²) in [5.41, 5.74) is 2.32. The van der Waals surface area contributed by atoms with Gasteiger partial charge in [0.15, 0.2) is 11.5 Å². The Hall–Kier alpha value is -2.89. The maximum absolute atomic E-state index is 12.4. The summed E-state index contributed by atoms with van der Waals surface area (Å²) in [5, 5.41) is 0. The first kappa shape index (κ1) is 16.6. The van der Waals surface area contributed by atoms with Crippen LogP contribution in [0.4, 0.5) is 0 Å². The minimum absolute atomic E-state index is 0.105. The largest absolute Gasteiger partial charge is 0.493 e. The molecular formula is C20H20O6. The predicted octanol–water partition coefficient (Wildman–Crippen LogP) is 3.49. The average Bonchev–Trinajstić information content (AvgIpc) is 3.23. The molecule has 136 valence electrons. The highest BCUT2D eigenvalue weighted by Gasteiger charge is 2.23. The van der Waals surface area contributed by atoms with E-state index in [-0.39, 0.29) is 19.5 Å². The van der Waals surface area contributed by atoms with Gasteiger partial charge >= 0.3 is 5.97 Å². The van der Waals surface area contributed by atoms with Crippen LogP contribution in [0.3, 0.4) is 0 Å². The zero-order valence-electron chi connectivity index (χ0n) is 14.7. The summed E-state index contributed by atoms with van der Waals surface area (Å²) in [6.45, 7) is 4.76. The van der Waals surface area contributed by atoms with E-state index in [2.05, 4.69) is 0 Å². The minimum atomic E-state index is -0.430. The SMILES string of the molecule is CCOc1cc2c(cc1COC(=O)c1ccc3c(c1)OCO3)OC(C)C2. The highest BCUT2D eigenvalue weighted by Crippen LogP contribution is 2.36. The van der Waals surface area contributed by atoms with E-state index in [1.165, 1.54) is 0 Å². The molecule has 6 heteroatoms. The van der Waals surface area contributed by atoms with Crippen molar-refractivity contribution in [1.29, 1.82) is 0 Å². The minimum Gasteiger partial charge on any atom is -0.493 e. The highest BCUT2D eigenvalue weighted by atomic mass is 16.7. The number of fused-ring (bicyclic) bond motifs is 2. The number of hydrogen-bond acceptors (Lipinski definition) is 6. The third-order valence-corrected chi connectivity index (χ3v) is 4.35. The molecule has 0 bridgehead atoms. The van der Waals surface area contributed by atoms with Crippen LogP contribution in [0.1, 0.15) is 35.3 Å². The lowest BCUT2D eigenvalue weighted by Crippen LogP contribution is -2.07. The van der Waals surface area contributed by atoms with Crippen molar-refractivity contribution in [3.63, 3.8) is 0 Å². The Kier molecular flexibility index (Phi) is 4.32.